The Hall–Kier alpha value is -2.06. The Labute approximate surface area is 163 Å². The van der Waals surface area contributed by atoms with Crippen molar-refractivity contribution in [3.8, 4) is 6.07 Å². The van der Waals surface area contributed by atoms with E-state index in [-0.39, 0.29) is 0 Å². The molecule has 2 bridgehead atoms. The topological polar surface area (TPSA) is 59.4 Å². The molecule has 1 saturated carbocycles. The van der Waals surface area contributed by atoms with Gasteiger partial charge in [-0.25, -0.2) is 0 Å². The summed E-state index contributed by atoms with van der Waals surface area (Å²) in [5.41, 5.74) is 1.77. The molecule has 2 atom stereocenters. The number of likely N-dealkylation sites (tertiary alicyclic amines) is 1. The van der Waals surface area contributed by atoms with Crippen LogP contribution in [0.4, 0.5) is 5.69 Å². The van der Waals surface area contributed by atoms with E-state index in [0.717, 1.165) is 44.7 Å². The third-order valence-corrected chi connectivity index (χ3v) is 6.16. The zero-order chi connectivity index (χ0) is 19.2. The minimum Gasteiger partial charge on any atom is -0.385 e. The highest BCUT2D eigenvalue weighted by Crippen LogP contribution is 2.39. The number of hydrogen-bond acceptors (Lipinski definition) is 4. The fraction of sp³-hybridized carbons (Fsp3) is 0.636. The summed E-state index contributed by atoms with van der Waals surface area (Å²) in [6.07, 6.45) is 5.24. The smallest absolute Gasteiger partial charge is 0.222 e. The summed E-state index contributed by atoms with van der Waals surface area (Å²) in [7, 11) is 2.02. The van der Waals surface area contributed by atoms with Crippen molar-refractivity contribution in [2.45, 2.75) is 45.1 Å². The number of rotatable bonds is 8. The van der Waals surface area contributed by atoms with Crippen molar-refractivity contribution in [1.82, 2.24) is 9.80 Å². The van der Waals surface area contributed by atoms with Gasteiger partial charge in [-0.15, -0.1) is 0 Å². The summed E-state index contributed by atoms with van der Waals surface area (Å²) < 4.78 is 0. The maximum Gasteiger partial charge on any atom is 0.222 e. The molecule has 1 aromatic rings. The van der Waals surface area contributed by atoms with E-state index in [9.17, 15) is 4.79 Å². The number of benzene rings is 1. The number of hydrogen-bond donors (Lipinski definition) is 1. The SMILES string of the molecule is CCCC(=O)N(C)C1C2CCC1CN(CCCNc1ccc(C#N)cc1)C2. The second kappa shape index (κ2) is 9.23. The summed E-state index contributed by atoms with van der Waals surface area (Å²) in [5.74, 6) is 1.60. The molecule has 1 aromatic carbocycles. The number of nitrogens with one attached hydrogen (secondary N) is 1. The van der Waals surface area contributed by atoms with Crippen LogP contribution in [0, 0.1) is 23.2 Å². The molecule has 27 heavy (non-hydrogen) atoms. The van der Waals surface area contributed by atoms with Gasteiger partial charge in [0, 0.05) is 44.8 Å². The van der Waals surface area contributed by atoms with Gasteiger partial charge in [0.1, 0.15) is 0 Å². The number of fused-ring (bicyclic) bond motifs is 2. The lowest BCUT2D eigenvalue weighted by molar-refractivity contribution is -0.134. The second-order valence-corrected chi connectivity index (χ2v) is 8.07. The van der Waals surface area contributed by atoms with Crippen molar-refractivity contribution >= 4 is 11.6 Å². The van der Waals surface area contributed by atoms with Crippen LogP contribution >= 0.6 is 0 Å². The summed E-state index contributed by atoms with van der Waals surface area (Å²) in [5, 5.41) is 12.3. The molecular weight excluding hydrogens is 336 g/mol. The van der Waals surface area contributed by atoms with Crippen LogP contribution < -0.4 is 5.32 Å². The average molecular weight is 369 g/mol. The molecule has 1 aliphatic heterocycles. The summed E-state index contributed by atoms with van der Waals surface area (Å²) >= 11 is 0. The second-order valence-electron chi connectivity index (χ2n) is 8.07. The van der Waals surface area contributed by atoms with Gasteiger partial charge in [0.15, 0.2) is 0 Å². The first-order valence-corrected chi connectivity index (χ1v) is 10.3. The molecule has 0 spiro atoms. The molecule has 2 unspecified atom stereocenters. The van der Waals surface area contributed by atoms with E-state index in [4.69, 9.17) is 5.26 Å². The van der Waals surface area contributed by atoms with Crippen molar-refractivity contribution < 1.29 is 4.79 Å². The molecule has 1 heterocycles. The molecule has 5 heteroatoms. The first kappa shape index (κ1) is 19.7. The van der Waals surface area contributed by atoms with E-state index in [2.05, 4.69) is 28.1 Å². The van der Waals surface area contributed by atoms with E-state index in [1.807, 2.05) is 31.3 Å². The first-order valence-electron chi connectivity index (χ1n) is 10.3. The van der Waals surface area contributed by atoms with Crippen LogP contribution in [0.2, 0.25) is 0 Å². The largest absolute Gasteiger partial charge is 0.385 e. The van der Waals surface area contributed by atoms with Crippen molar-refractivity contribution in [2.24, 2.45) is 11.8 Å². The molecule has 1 N–H and O–H groups in total. The quantitative estimate of drug-likeness (QED) is 0.715. The van der Waals surface area contributed by atoms with Crippen molar-refractivity contribution in [2.75, 3.05) is 38.5 Å². The predicted octanol–water partition coefficient (Wildman–Crippen LogP) is 3.33. The van der Waals surface area contributed by atoms with E-state index in [1.165, 1.54) is 12.8 Å². The fourth-order valence-electron chi connectivity index (χ4n) is 4.86. The van der Waals surface area contributed by atoms with Crippen LogP contribution in [0.1, 0.15) is 44.6 Å². The van der Waals surface area contributed by atoms with Gasteiger partial charge in [-0.05, 0) is 68.3 Å². The number of piperidine rings is 1. The van der Waals surface area contributed by atoms with Crippen molar-refractivity contribution in [3.05, 3.63) is 29.8 Å². The third-order valence-electron chi connectivity index (χ3n) is 6.16. The van der Waals surface area contributed by atoms with Gasteiger partial charge in [-0.2, -0.15) is 5.26 Å². The number of carbonyl (C=O) groups excluding carboxylic acids is 1. The fourth-order valence-corrected chi connectivity index (χ4v) is 4.86. The highest BCUT2D eigenvalue weighted by atomic mass is 16.2. The summed E-state index contributed by atoms with van der Waals surface area (Å²) in [6.45, 7) is 6.38. The molecule has 0 aromatic heterocycles. The monoisotopic (exact) mass is 368 g/mol. The molecule has 1 saturated heterocycles. The first-order chi connectivity index (χ1) is 13.1. The zero-order valence-electron chi connectivity index (χ0n) is 16.7. The van der Waals surface area contributed by atoms with E-state index in [0.29, 0.717) is 35.8 Å². The van der Waals surface area contributed by atoms with Gasteiger partial charge in [0.2, 0.25) is 5.91 Å². The van der Waals surface area contributed by atoms with Crippen LogP contribution in [0.15, 0.2) is 24.3 Å². The zero-order valence-corrected chi connectivity index (χ0v) is 16.7. The van der Waals surface area contributed by atoms with Gasteiger partial charge in [0.05, 0.1) is 11.6 Å². The normalized spacial score (nSPS) is 24.4. The predicted molar refractivity (Wildman–Crippen MR) is 108 cm³/mol. The minimum absolute atomic E-state index is 0.319. The lowest BCUT2D eigenvalue weighted by atomic mass is 9.90. The van der Waals surface area contributed by atoms with Gasteiger partial charge in [0.25, 0.3) is 0 Å². The van der Waals surface area contributed by atoms with Crippen LogP contribution in [-0.4, -0.2) is 55.0 Å². The molecule has 2 aliphatic rings. The van der Waals surface area contributed by atoms with Gasteiger partial charge in [-0.1, -0.05) is 6.92 Å². The third kappa shape index (κ3) is 4.81. The van der Waals surface area contributed by atoms with E-state index in [1.54, 1.807) is 0 Å². The maximum absolute atomic E-state index is 12.3. The number of nitrogens with zero attached hydrogens (tertiary/aromatic N) is 3. The van der Waals surface area contributed by atoms with Crippen LogP contribution in [0.25, 0.3) is 0 Å². The molecule has 0 radical (unpaired) electrons. The molecule has 2 fully saturated rings. The Kier molecular flexibility index (Phi) is 6.73. The minimum atomic E-state index is 0.319. The summed E-state index contributed by atoms with van der Waals surface area (Å²) in [4.78, 5) is 17.0. The van der Waals surface area contributed by atoms with Gasteiger partial charge in [-0.3, -0.25) is 4.79 Å². The highest BCUT2D eigenvalue weighted by molar-refractivity contribution is 5.76. The Balaban J connectivity index is 1.42. The Morgan fingerprint density at radius 3 is 2.52 bits per heavy atom. The molecular formula is C22H32N4O. The molecule has 3 rings (SSSR count). The average Bonchev–Trinajstić information content (AvgIpc) is 2.95. The van der Waals surface area contributed by atoms with Gasteiger partial charge < -0.3 is 15.1 Å². The molecule has 1 aliphatic carbocycles. The Morgan fingerprint density at radius 1 is 1.26 bits per heavy atom. The maximum atomic E-state index is 12.3. The van der Waals surface area contributed by atoms with E-state index < -0.39 is 0 Å². The number of anilines is 1. The number of nitriles is 1. The Bertz CT molecular complexity index is 652. The Morgan fingerprint density at radius 2 is 1.93 bits per heavy atom. The van der Waals surface area contributed by atoms with Crippen LogP contribution in [0.3, 0.4) is 0 Å². The number of amides is 1. The van der Waals surface area contributed by atoms with Crippen LogP contribution in [-0.2, 0) is 4.79 Å². The van der Waals surface area contributed by atoms with Crippen LogP contribution in [0.5, 0.6) is 0 Å². The number of carbonyl (C=O) groups is 1. The molecule has 5 nitrogen and oxygen atoms in total. The highest BCUT2D eigenvalue weighted by Gasteiger charge is 2.44. The van der Waals surface area contributed by atoms with Gasteiger partial charge >= 0.3 is 0 Å². The lowest BCUT2D eigenvalue weighted by Crippen LogP contribution is -2.53. The van der Waals surface area contributed by atoms with Crippen molar-refractivity contribution in [1.29, 1.82) is 5.26 Å². The summed E-state index contributed by atoms with van der Waals surface area (Å²) in [6, 6.07) is 10.2. The lowest BCUT2D eigenvalue weighted by Gasteiger charge is -2.42. The molecule has 1 amide bonds. The molecule has 146 valence electrons. The van der Waals surface area contributed by atoms with E-state index >= 15 is 0 Å². The van der Waals surface area contributed by atoms with Crippen molar-refractivity contribution in [3.63, 3.8) is 0 Å². The standard InChI is InChI=1S/C22H32N4O/c1-3-5-21(27)25(2)22-18-8-9-19(22)16-26(15-18)13-4-12-24-20-10-6-17(14-23)7-11-20/h6-7,10-11,18-19,22,24H,3-5,8-9,12-13,15-16H2,1-2H3.